The Morgan fingerprint density at radius 2 is 2.04 bits per heavy atom. The quantitative estimate of drug-likeness (QED) is 0.436. The first-order valence-corrected chi connectivity index (χ1v) is 11.2. The molecule has 0 aromatic heterocycles. The Labute approximate surface area is 171 Å². The van der Waals surface area contributed by atoms with Crippen LogP contribution in [0.25, 0.3) is 0 Å². The zero-order valence-corrected chi connectivity index (χ0v) is 17.7. The van der Waals surface area contributed by atoms with Gasteiger partial charge in [0.05, 0.1) is 18.1 Å². The molecular weight excluding hydrogens is 374 g/mol. The van der Waals surface area contributed by atoms with Crippen LogP contribution in [0.15, 0.2) is 18.2 Å². The Balaban J connectivity index is 1.30. The first-order chi connectivity index (χ1) is 13.4. The van der Waals surface area contributed by atoms with E-state index in [0.717, 1.165) is 41.9 Å². The van der Waals surface area contributed by atoms with Crippen molar-refractivity contribution in [1.82, 2.24) is 16.0 Å². The number of amides is 3. The third-order valence-corrected chi connectivity index (χ3v) is 6.88. The molecule has 2 fully saturated rings. The normalized spacial score (nSPS) is 24.2. The number of hydrogen-bond acceptors (Lipinski definition) is 4. The predicted octanol–water partition coefficient (Wildman–Crippen LogP) is 2.91. The van der Waals surface area contributed by atoms with Crippen molar-refractivity contribution in [3.8, 4) is 5.75 Å². The molecule has 28 heavy (non-hydrogen) atoms. The second kappa shape index (κ2) is 9.54. The van der Waals surface area contributed by atoms with Crippen molar-refractivity contribution in [1.29, 1.82) is 0 Å². The van der Waals surface area contributed by atoms with Crippen LogP contribution in [-0.2, 0) is 4.79 Å². The van der Waals surface area contributed by atoms with E-state index in [9.17, 15) is 9.59 Å². The van der Waals surface area contributed by atoms with E-state index in [0.29, 0.717) is 18.3 Å². The zero-order valence-electron chi connectivity index (χ0n) is 16.9. The Hall–Kier alpha value is -1.89. The van der Waals surface area contributed by atoms with E-state index in [1.807, 2.05) is 50.7 Å². The fourth-order valence-corrected chi connectivity index (χ4v) is 5.44. The number of aryl methyl sites for hydroxylation is 2. The maximum absolute atomic E-state index is 12.2. The molecule has 3 amide bonds. The van der Waals surface area contributed by atoms with E-state index in [1.165, 1.54) is 0 Å². The number of thioether (sulfide) groups is 1. The molecule has 0 aliphatic carbocycles. The third kappa shape index (κ3) is 5.34. The SMILES string of the molecule is Cc1cccc(C)c1OCC(C)NC(=O)CCCCC1SC[C@@H]2NC(=O)N[C@H]12. The van der Waals surface area contributed by atoms with Crippen molar-refractivity contribution in [3.63, 3.8) is 0 Å². The zero-order chi connectivity index (χ0) is 20.1. The van der Waals surface area contributed by atoms with Crippen LogP contribution in [-0.4, -0.2) is 47.7 Å². The fourth-order valence-electron chi connectivity index (χ4n) is 3.90. The Kier molecular flexibility index (Phi) is 7.10. The van der Waals surface area contributed by atoms with Crippen molar-refractivity contribution >= 4 is 23.7 Å². The molecule has 1 aromatic carbocycles. The Bertz CT molecular complexity index is 692. The summed E-state index contributed by atoms with van der Waals surface area (Å²) in [4.78, 5) is 23.6. The van der Waals surface area contributed by atoms with Crippen molar-refractivity contribution in [3.05, 3.63) is 29.3 Å². The van der Waals surface area contributed by atoms with Crippen molar-refractivity contribution in [2.75, 3.05) is 12.4 Å². The smallest absolute Gasteiger partial charge is 0.315 e. The summed E-state index contributed by atoms with van der Waals surface area (Å²) in [6, 6.07) is 6.52. The van der Waals surface area contributed by atoms with Gasteiger partial charge >= 0.3 is 6.03 Å². The number of nitrogens with one attached hydrogen (secondary N) is 3. The average molecular weight is 406 g/mol. The predicted molar refractivity (Wildman–Crippen MR) is 113 cm³/mol. The molecular formula is C21H31N3O3S. The molecule has 0 saturated carbocycles. The lowest BCUT2D eigenvalue weighted by molar-refractivity contribution is -0.122. The first-order valence-electron chi connectivity index (χ1n) is 10.1. The highest BCUT2D eigenvalue weighted by molar-refractivity contribution is 8.00. The lowest BCUT2D eigenvalue weighted by atomic mass is 10.0. The number of urea groups is 1. The molecule has 1 aromatic rings. The number of ether oxygens (including phenoxy) is 1. The number of hydrogen-bond donors (Lipinski definition) is 3. The van der Waals surface area contributed by atoms with E-state index >= 15 is 0 Å². The Morgan fingerprint density at radius 1 is 1.29 bits per heavy atom. The Morgan fingerprint density at radius 3 is 2.79 bits per heavy atom. The minimum absolute atomic E-state index is 0.0302. The lowest BCUT2D eigenvalue weighted by Crippen LogP contribution is -2.37. The van der Waals surface area contributed by atoms with E-state index in [4.69, 9.17) is 4.74 Å². The molecule has 7 heteroatoms. The average Bonchev–Trinajstić information content (AvgIpc) is 3.17. The number of carbonyl (C=O) groups excluding carboxylic acids is 2. The number of para-hydroxylation sites is 1. The topological polar surface area (TPSA) is 79.5 Å². The fraction of sp³-hybridized carbons (Fsp3) is 0.619. The van der Waals surface area contributed by atoms with E-state index in [-0.39, 0.29) is 30.1 Å². The highest BCUT2D eigenvalue weighted by Gasteiger charge is 2.42. The molecule has 154 valence electrons. The molecule has 2 aliphatic heterocycles. The van der Waals surface area contributed by atoms with Crippen LogP contribution in [0.1, 0.15) is 43.7 Å². The number of carbonyl (C=O) groups is 2. The summed E-state index contributed by atoms with van der Waals surface area (Å²) in [6.07, 6.45) is 3.43. The standard InChI is InChI=1S/C21H31N3O3S/c1-13-7-6-8-14(2)20(13)27-11-15(3)22-18(25)10-5-4-9-17-19-16(12-28-17)23-21(26)24-19/h6-8,15-17,19H,4-5,9-12H2,1-3H3,(H,22,25)(H2,23,24,26)/t15?,16-,17?,19-/m0/s1. The summed E-state index contributed by atoms with van der Waals surface area (Å²) in [5, 5.41) is 9.45. The third-order valence-electron chi connectivity index (χ3n) is 5.37. The van der Waals surface area contributed by atoms with Crippen LogP contribution in [0, 0.1) is 13.8 Å². The van der Waals surface area contributed by atoms with Gasteiger partial charge in [0.25, 0.3) is 0 Å². The molecule has 6 nitrogen and oxygen atoms in total. The summed E-state index contributed by atoms with van der Waals surface area (Å²) < 4.78 is 5.91. The molecule has 2 saturated heterocycles. The van der Waals surface area contributed by atoms with Crippen molar-refractivity contribution in [2.45, 2.75) is 69.8 Å². The minimum atomic E-state index is -0.0447. The van der Waals surface area contributed by atoms with Gasteiger partial charge < -0.3 is 20.7 Å². The van der Waals surface area contributed by atoms with Gasteiger partial charge in [0.15, 0.2) is 0 Å². The van der Waals surface area contributed by atoms with Gasteiger partial charge in [-0.1, -0.05) is 24.6 Å². The van der Waals surface area contributed by atoms with Crippen LogP contribution >= 0.6 is 11.8 Å². The van der Waals surface area contributed by atoms with Gasteiger partial charge in [-0.2, -0.15) is 11.8 Å². The van der Waals surface area contributed by atoms with Gasteiger partial charge in [0.2, 0.25) is 5.91 Å². The second-order valence-corrected chi connectivity index (χ2v) is 9.14. The van der Waals surface area contributed by atoms with E-state index in [1.54, 1.807) is 0 Å². The summed E-state index contributed by atoms with van der Waals surface area (Å²) >= 11 is 1.92. The summed E-state index contributed by atoms with van der Waals surface area (Å²) in [7, 11) is 0. The van der Waals surface area contributed by atoms with Gasteiger partial charge in [-0.05, 0) is 44.7 Å². The lowest BCUT2D eigenvalue weighted by Gasteiger charge is -2.18. The highest BCUT2D eigenvalue weighted by atomic mass is 32.2. The molecule has 0 bridgehead atoms. The maximum Gasteiger partial charge on any atom is 0.315 e. The van der Waals surface area contributed by atoms with Gasteiger partial charge in [-0.25, -0.2) is 4.79 Å². The minimum Gasteiger partial charge on any atom is -0.491 e. The van der Waals surface area contributed by atoms with Crippen LogP contribution in [0.3, 0.4) is 0 Å². The molecule has 2 heterocycles. The van der Waals surface area contributed by atoms with Crippen LogP contribution in [0.2, 0.25) is 0 Å². The summed E-state index contributed by atoms with van der Waals surface area (Å²) in [5.41, 5.74) is 2.22. The molecule has 4 atom stereocenters. The van der Waals surface area contributed by atoms with Crippen molar-refractivity contribution in [2.24, 2.45) is 0 Å². The second-order valence-electron chi connectivity index (χ2n) is 7.87. The van der Waals surface area contributed by atoms with Crippen molar-refractivity contribution < 1.29 is 14.3 Å². The number of benzene rings is 1. The largest absolute Gasteiger partial charge is 0.491 e. The first kappa shape index (κ1) is 20.8. The summed E-state index contributed by atoms with van der Waals surface area (Å²) in [5.74, 6) is 1.96. The molecule has 2 aliphatic rings. The van der Waals surface area contributed by atoms with Crippen LogP contribution < -0.4 is 20.7 Å². The molecule has 0 spiro atoms. The van der Waals surface area contributed by atoms with Crippen LogP contribution in [0.5, 0.6) is 5.75 Å². The number of rotatable bonds is 9. The monoisotopic (exact) mass is 405 g/mol. The van der Waals surface area contributed by atoms with E-state index < -0.39 is 0 Å². The number of unbranched alkanes of at least 4 members (excludes halogenated alkanes) is 1. The molecule has 0 radical (unpaired) electrons. The highest BCUT2D eigenvalue weighted by Crippen LogP contribution is 2.33. The van der Waals surface area contributed by atoms with E-state index in [2.05, 4.69) is 16.0 Å². The summed E-state index contributed by atoms with van der Waals surface area (Å²) in [6.45, 7) is 6.50. The van der Waals surface area contributed by atoms with Gasteiger partial charge in [-0.15, -0.1) is 0 Å². The number of fused-ring (bicyclic) bond motifs is 1. The maximum atomic E-state index is 12.2. The van der Waals surface area contributed by atoms with Gasteiger partial charge in [-0.3, -0.25) is 4.79 Å². The molecule has 3 N–H and O–H groups in total. The molecule has 2 unspecified atom stereocenters. The van der Waals surface area contributed by atoms with Crippen LogP contribution in [0.4, 0.5) is 4.79 Å². The van der Waals surface area contributed by atoms with Gasteiger partial charge in [0, 0.05) is 17.4 Å². The molecule has 3 rings (SSSR count). The van der Waals surface area contributed by atoms with Gasteiger partial charge in [0.1, 0.15) is 12.4 Å².